The highest BCUT2D eigenvalue weighted by atomic mass is 35.5. The van der Waals surface area contributed by atoms with Crippen LogP contribution in [0.4, 0.5) is 5.69 Å². The minimum absolute atomic E-state index is 0.361. The summed E-state index contributed by atoms with van der Waals surface area (Å²) in [6.45, 7) is 0.506. The lowest BCUT2D eigenvalue weighted by Gasteiger charge is -2.29. The van der Waals surface area contributed by atoms with E-state index in [0.29, 0.717) is 44.7 Å². The van der Waals surface area contributed by atoms with Crippen LogP contribution in [-0.2, 0) is 11.3 Å². The van der Waals surface area contributed by atoms with Crippen molar-refractivity contribution >= 4 is 46.3 Å². The fourth-order valence-electron chi connectivity index (χ4n) is 3.64. The molecule has 0 aromatic heterocycles. The summed E-state index contributed by atoms with van der Waals surface area (Å²) in [4.78, 5) is 29.7. The van der Waals surface area contributed by atoms with Gasteiger partial charge in [0.15, 0.2) is 0 Å². The van der Waals surface area contributed by atoms with Crippen LogP contribution in [-0.4, -0.2) is 30.9 Å². The van der Waals surface area contributed by atoms with Crippen molar-refractivity contribution in [3.8, 4) is 5.75 Å². The molecule has 162 valence electrons. The second-order valence-electron chi connectivity index (χ2n) is 7.40. The Morgan fingerprint density at radius 2 is 1.59 bits per heavy atom. The lowest BCUT2D eigenvalue weighted by Crippen LogP contribution is -2.42. The van der Waals surface area contributed by atoms with Gasteiger partial charge in [0.25, 0.3) is 11.8 Å². The fourth-order valence-corrected chi connectivity index (χ4v) is 3.96. The molecule has 1 aliphatic heterocycles. The maximum Gasteiger partial charge on any atom is 0.267 e. The number of carbonyl (C=O) groups excluding carboxylic acids is 2. The first-order valence-corrected chi connectivity index (χ1v) is 10.6. The minimum atomic E-state index is -0.389. The van der Waals surface area contributed by atoms with Crippen LogP contribution < -0.4 is 9.64 Å². The highest BCUT2D eigenvalue weighted by molar-refractivity contribution is 6.42. The highest BCUT2D eigenvalue weighted by Crippen LogP contribution is 2.33. The van der Waals surface area contributed by atoms with Crippen molar-refractivity contribution in [2.75, 3.05) is 19.1 Å². The Morgan fingerprint density at radius 3 is 2.25 bits per heavy atom. The molecular weight excluding hydrogens is 447 g/mol. The lowest BCUT2D eigenvalue weighted by atomic mass is 9.93. The van der Waals surface area contributed by atoms with Crippen LogP contribution in [0, 0.1) is 0 Å². The van der Waals surface area contributed by atoms with Gasteiger partial charge in [-0.05, 0) is 48.0 Å². The number of imide groups is 1. The summed E-state index contributed by atoms with van der Waals surface area (Å²) in [5, 5.41) is 0.960. The van der Waals surface area contributed by atoms with E-state index in [1.54, 1.807) is 67.9 Å². The normalized spacial score (nSPS) is 14.5. The Bertz CT molecular complexity index is 1220. The molecule has 0 bridgehead atoms. The second kappa shape index (κ2) is 9.07. The van der Waals surface area contributed by atoms with Crippen molar-refractivity contribution in [2.24, 2.45) is 0 Å². The van der Waals surface area contributed by atoms with Crippen LogP contribution in [0.5, 0.6) is 5.75 Å². The number of fused-ring (bicyclic) bond motifs is 1. The van der Waals surface area contributed by atoms with Crippen molar-refractivity contribution in [3.05, 3.63) is 99.7 Å². The highest BCUT2D eigenvalue weighted by Gasteiger charge is 2.36. The molecule has 0 unspecified atom stereocenters. The molecule has 0 atom stereocenters. The molecule has 0 N–H and O–H groups in total. The second-order valence-corrected chi connectivity index (χ2v) is 8.21. The van der Waals surface area contributed by atoms with Gasteiger partial charge in [-0.25, -0.2) is 4.90 Å². The summed E-state index contributed by atoms with van der Waals surface area (Å²) < 4.78 is 5.19. The van der Waals surface area contributed by atoms with Crippen molar-refractivity contribution in [1.82, 2.24) is 4.90 Å². The molecule has 2 amide bonds. The van der Waals surface area contributed by atoms with Gasteiger partial charge in [0.05, 0.1) is 28.4 Å². The molecule has 5 nitrogen and oxygen atoms in total. The van der Waals surface area contributed by atoms with E-state index in [2.05, 4.69) is 0 Å². The molecule has 4 rings (SSSR count). The smallest absolute Gasteiger partial charge is 0.267 e. The minimum Gasteiger partial charge on any atom is -0.497 e. The van der Waals surface area contributed by atoms with Gasteiger partial charge in [-0.2, -0.15) is 0 Å². The SMILES string of the molecule is COc1ccc(N2C(=O)/C(=C\N(C)Cc3ccc(Cl)c(Cl)c3)c3ccccc3C2=O)cc1. The maximum atomic E-state index is 13.5. The molecule has 32 heavy (non-hydrogen) atoms. The van der Waals surface area contributed by atoms with Crippen molar-refractivity contribution in [3.63, 3.8) is 0 Å². The molecule has 0 fully saturated rings. The van der Waals surface area contributed by atoms with Gasteiger partial charge in [-0.3, -0.25) is 9.59 Å². The number of hydrogen-bond acceptors (Lipinski definition) is 4. The van der Waals surface area contributed by atoms with Crippen LogP contribution in [0.3, 0.4) is 0 Å². The molecule has 0 saturated carbocycles. The van der Waals surface area contributed by atoms with Crippen LogP contribution >= 0.6 is 23.2 Å². The molecule has 7 heteroatoms. The third kappa shape index (κ3) is 4.22. The Labute approximate surface area is 196 Å². The number of halogens is 2. The molecular formula is C25H20Cl2N2O3. The first-order chi connectivity index (χ1) is 15.4. The zero-order valence-electron chi connectivity index (χ0n) is 17.5. The third-order valence-corrected chi connectivity index (χ3v) is 5.92. The summed E-state index contributed by atoms with van der Waals surface area (Å²) in [5.41, 5.74) is 2.93. The standard InChI is InChI=1S/C25H20Cl2N2O3/c1-28(14-16-7-12-22(26)23(27)13-16)15-21-19-5-3-4-6-20(19)24(30)29(25(21)31)17-8-10-18(32-2)11-9-17/h3-13,15H,14H2,1-2H3/b21-15-. The lowest BCUT2D eigenvalue weighted by molar-refractivity contribution is -0.112. The molecule has 1 heterocycles. The number of ether oxygens (including phenoxy) is 1. The zero-order chi connectivity index (χ0) is 22.8. The van der Waals surface area contributed by atoms with E-state index in [1.807, 2.05) is 24.1 Å². The summed E-state index contributed by atoms with van der Waals surface area (Å²) in [7, 11) is 3.42. The Morgan fingerprint density at radius 1 is 0.906 bits per heavy atom. The Balaban J connectivity index is 1.72. The van der Waals surface area contributed by atoms with Gasteiger partial charge in [-0.1, -0.05) is 47.5 Å². The molecule has 0 radical (unpaired) electrons. The Kier molecular flexibility index (Phi) is 6.21. The van der Waals surface area contributed by atoms with E-state index in [9.17, 15) is 9.59 Å². The molecule has 0 spiro atoms. The number of anilines is 1. The van der Waals surface area contributed by atoms with Gasteiger partial charge in [-0.15, -0.1) is 0 Å². The number of nitrogens with zero attached hydrogens (tertiary/aromatic N) is 2. The summed E-state index contributed by atoms with van der Waals surface area (Å²) in [5.74, 6) is -0.108. The first-order valence-electron chi connectivity index (χ1n) is 9.87. The zero-order valence-corrected chi connectivity index (χ0v) is 19.0. The van der Waals surface area contributed by atoms with Gasteiger partial charge >= 0.3 is 0 Å². The van der Waals surface area contributed by atoms with Crippen molar-refractivity contribution in [2.45, 2.75) is 6.54 Å². The first kappa shape index (κ1) is 21.9. The predicted octanol–water partition coefficient (Wildman–Crippen LogP) is 5.66. The number of amides is 2. The average molecular weight is 467 g/mol. The van der Waals surface area contributed by atoms with E-state index in [4.69, 9.17) is 27.9 Å². The molecule has 3 aromatic carbocycles. The number of hydrogen-bond donors (Lipinski definition) is 0. The van der Waals surface area contributed by atoms with Crippen LogP contribution in [0.15, 0.2) is 72.9 Å². The van der Waals surface area contributed by atoms with E-state index >= 15 is 0 Å². The molecule has 3 aromatic rings. The van der Waals surface area contributed by atoms with Crippen LogP contribution in [0.25, 0.3) is 5.57 Å². The number of rotatable bonds is 5. The summed E-state index contributed by atoms with van der Waals surface area (Å²) >= 11 is 12.1. The fraction of sp³-hybridized carbons (Fsp3) is 0.120. The summed E-state index contributed by atoms with van der Waals surface area (Å²) in [6.07, 6.45) is 1.76. The molecule has 0 saturated heterocycles. The number of methoxy groups -OCH3 is 1. The quantitative estimate of drug-likeness (QED) is 0.359. The Hall–Kier alpha value is -3.28. The topological polar surface area (TPSA) is 49.9 Å². The summed E-state index contributed by atoms with van der Waals surface area (Å²) in [6, 6.07) is 19.4. The molecule has 0 aliphatic carbocycles. The third-order valence-electron chi connectivity index (χ3n) is 5.18. The average Bonchev–Trinajstić information content (AvgIpc) is 2.79. The van der Waals surface area contributed by atoms with E-state index in [1.165, 1.54) is 4.90 Å². The van der Waals surface area contributed by atoms with E-state index in [-0.39, 0.29) is 11.8 Å². The molecule has 1 aliphatic rings. The van der Waals surface area contributed by atoms with Crippen LogP contribution in [0.1, 0.15) is 21.5 Å². The largest absolute Gasteiger partial charge is 0.497 e. The monoisotopic (exact) mass is 466 g/mol. The van der Waals surface area contributed by atoms with E-state index < -0.39 is 0 Å². The van der Waals surface area contributed by atoms with Gasteiger partial charge in [0.1, 0.15) is 5.75 Å². The van der Waals surface area contributed by atoms with E-state index in [0.717, 1.165) is 5.56 Å². The van der Waals surface area contributed by atoms with Gasteiger partial charge in [0.2, 0.25) is 0 Å². The maximum absolute atomic E-state index is 13.5. The van der Waals surface area contributed by atoms with Crippen LogP contribution in [0.2, 0.25) is 10.0 Å². The van der Waals surface area contributed by atoms with Crippen molar-refractivity contribution < 1.29 is 14.3 Å². The number of benzene rings is 3. The van der Waals surface area contributed by atoms with Gasteiger partial charge < -0.3 is 9.64 Å². The predicted molar refractivity (Wildman–Crippen MR) is 127 cm³/mol. The van der Waals surface area contributed by atoms with Crippen molar-refractivity contribution in [1.29, 1.82) is 0 Å². The van der Waals surface area contributed by atoms with Gasteiger partial charge in [0, 0.05) is 30.9 Å². The number of carbonyl (C=O) groups is 2.